The van der Waals surface area contributed by atoms with Gasteiger partial charge in [0.2, 0.25) is 0 Å². The van der Waals surface area contributed by atoms with Crippen LogP contribution in [0.5, 0.6) is 11.5 Å². The van der Waals surface area contributed by atoms with Crippen LogP contribution in [0.25, 0.3) is 0 Å². The molecule has 1 aromatic carbocycles. The molecule has 20 heavy (non-hydrogen) atoms. The van der Waals surface area contributed by atoms with Crippen molar-refractivity contribution in [2.24, 2.45) is 5.92 Å². The van der Waals surface area contributed by atoms with Crippen molar-refractivity contribution in [3.8, 4) is 11.5 Å². The topological polar surface area (TPSA) is 30.5 Å². The molecule has 0 radical (unpaired) electrons. The summed E-state index contributed by atoms with van der Waals surface area (Å²) in [6, 6.07) is 6.24. The summed E-state index contributed by atoms with van der Waals surface area (Å²) in [5, 5.41) is 3.46. The third kappa shape index (κ3) is 3.09. The second-order valence-electron chi connectivity index (χ2n) is 6.63. The molecule has 0 saturated carbocycles. The molecule has 0 spiro atoms. The summed E-state index contributed by atoms with van der Waals surface area (Å²) in [5.74, 6) is 2.63. The summed E-state index contributed by atoms with van der Waals surface area (Å²) in [4.78, 5) is 0. The Morgan fingerprint density at radius 3 is 3.10 bits per heavy atom. The number of rotatable bonds is 4. The maximum Gasteiger partial charge on any atom is 0.165 e. The van der Waals surface area contributed by atoms with Gasteiger partial charge in [0.1, 0.15) is 5.60 Å². The fraction of sp³-hybridized carbons (Fsp3) is 0.647. The van der Waals surface area contributed by atoms with Gasteiger partial charge in [0.15, 0.2) is 11.5 Å². The fourth-order valence-corrected chi connectivity index (χ4v) is 3.21. The van der Waals surface area contributed by atoms with Crippen molar-refractivity contribution >= 4 is 0 Å². The molecular weight excluding hydrogens is 250 g/mol. The zero-order chi connectivity index (χ0) is 14.0. The fourth-order valence-electron chi connectivity index (χ4n) is 3.21. The van der Waals surface area contributed by atoms with Gasteiger partial charge in [-0.05, 0) is 58.2 Å². The van der Waals surface area contributed by atoms with Crippen LogP contribution < -0.4 is 14.8 Å². The monoisotopic (exact) mass is 275 g/mol. The number of para-hydroxylation sites is 1. The van der Waals surface area contributed by atoms with Gasteiger partial charge in [-0.15, -0.1) is 0 Å². The van der Waals surface area contributed by atoms with Crippen molar-refractivity contribution in [3.05, 3.63) is 23.8 Å². The van der Waals surface area contributed by atoms with Crippen LogP contribution in [0.3, 0.4) is 0 Å². The minimum absolute atomic E-state index is 0.102. The van der Waals surface area contributed by atoms with Crippen molar-refractivity contribution in [1.82, 2.24) is 5.32 Å². The van der Waals surface area contributed by atoms with E-state index in [9.17, 15) is 0 Å². The molecule has 2 aliphatic rings. The Morgan fingerprint density at radius 2 is 2.30 bits per heavy atom. The standard InChI is InChI=1S/C17H25NO2/c1-17(2)11-14-6-3-7-15(16(14)20-17)19-10-8-13-5-4-9-18-12-13/h3,6-7,13,18H,4-5,8-12H2,1-2H3. The SMILES string of the molecule is CC1(C)Cc2cccc(OCCC3CCCNC3)c2O1. The van der Waals surface area contributed by atoms with Gasteiger partial charge in [0, 0.05) is 12.0 Å². The van der Waals surface area contributed by atoms with E-state index < -0.39 is 0 Å². The average Bonchev–Trinajstić information content (AvgIpc) is 2.75. The molecule has 0 aromatic heterocycles. The second kappa shape index (κ2) is 5.65. The lowest BCUT2D eigenvalue weighted by molar-refractivity contribution is 0.131. The summed E-state index contributed by atoms with van der Waals surface area (Å²) in [6.45, 7) is 7.35. The Labute approximate surface area is 121 Å². The van der Waals surface area contributed by atoms with Gasteiger partial charge in [-0.2, -0.15) is 0 Å². The highest BCUT2D eigenvalue weighted by atomic mass is 16.5. The Balaban J connectivity index is 1.57. The first-order valence-electron chi connectivity index (χ1n) is 7.78. The Bertz CT molecular complexity index is 464. The van der Waals surface area contributed by atoms with Crippen LogP contribution >= 0.6 is 0 Å². The molecule has 1 N–H and O–H groups in total. The van der Waals surface area contributed by atoms with Crippen molar-refractivity contribution in [1.29, 1.82) is 0 Å². The minimum atomic E-state index is -0.102. The van der Waals surface area contributed by atoms with Crippen LogP contribution in [0.4, 0.5) is 0 Å². The molecule has 1 fully saturated rings. The molecule has 2 aliphatic heterocycles. The molecule has 3 heteroatoms. The van der Waals surface area contributed by atoms with E-state index in [0.29, 0.717) is 0 Å². The van der Waals surface area contributed by atoms with E-state index in [4.69, 9.17) is 9.47 Å². The first kappa shape index (κ1) is 13.7. The molecule has 1 saturated heterocycles. The number of nitrogens with one attached hydrogen (secondary N) is 1. The molecule has 3 rings (SSSR count). The van der Waals surface area contributed by atoms with E-state index in [2.05, 4.69) is 31.3 Å². The minimum Gasteiger partial charge on any atom is -0.490 e. The lowest BCUT2D eigenvalue weighted by atomic mass is 9.97. The Hall–Kier alpha value is -1.22. The zero-order valence-corrected chi connectivity index (χ0v) is 12.6. The summed E-state index contributed by atoms with van der Waals surface area (Å²) in [5.41, 5.74) is 1.17. The van der Waals surface area contributed by atoms with Crippen LogP contribution in [-0.4, -0.2) is 25.3 Å². The number of fused-ring (bicyclic) bond motifs is 1. The van der Waals surface area contributed by atoms with E-state index in [0.717, 1.165) is 43.4 Å². The van der Waals surface area contributed by atoms with Crippen molar-refractivity contribution in [3.63, 3.8) is 0 Å². The van der Waals surface area contributed by atoms with E-state index in [1.807, 2.05) is 6.07 Å². The van der Waals surface area contributed by atoms with Crippen LogP contribution in [0.1, 0.15) is 38.7 Å². The molecule has 1 atom stereocenters. The second-order valence-corrected chi connectivity index (χ2v) is 6.63. The zero-order valence-electron chi connectivity index (χ0n) is 12.6. The largest absolute Gasteiger partial charge is 0.490 e. The van der Waals surface area contributed by atoms with Gasteiger partial charge >= 0.3 is 0 Å². The molecule has 0 amide bonds. The van der Waals surface area contributed by atoms with Crippen LogP contribution in [0.15, 0.2) is 18.2 Å². The van der Waals surface area contributed by atoms with Gasteiger partial charge in [0.25, 0.3) is 0 Å². The maximum absolute atomic E-state index is 6.03. The Kier molecular flexibility index (Phi) is 3.88. The molecule has 1 unspecified atom stereocenters. The molecule has 0 aliphatic carbocycles. The van der Waals surface area contributed by atoms with E-state index >= 15 is 0 Å². The quantitative estimate of drug-likeness (QED) is 0.915. The highest BCUT2D eigenvalue weighted by Gasteiger charge is 2.32. The number of ether oxygens (including phenoxy) is 2. The lowest BCUT2D eigenvalue weighted by Crippen LogP contribution is -2.30. The van der Waals surface area contributed by atoms with Crippen LogP contribution in [0.2, 0.25) is 0 Å². The number of benzene rings is 1. The summed E-state index contributed by atoms with van der Waals surface area (Å²) < 4.78 is 12.0. The van der Waals surface area contributed by atoms with E-state index in [1.54, 1.807) is 0 Å². The van der Waals surface area contributed by atoms with Gasteiger partial charge in [0.05, 0.1) is 6.61 Å². The normalized spacial score (nSPS) is 24.0. The van der Waals surface area contributed by atoms with Crippen LogP contribution in [-0.2, 0) is 6.42 Å². The van der Waals surface area contributed by atoms with Crippen molar-refractivity contribution < 1.29 is 9.47 Å². The number of hydrogen-bond acceptors (Lipinski definition) is 3. The molecular formula is C17H25NO2. The van der Waals surface area contributed by atoms with E-state index in [1.165, 1.54) is 24.9 Å². The summed E-state index contributed by atoms with van der Waals surface area (Å²) in [6.07, 6.45) is 4.71. The predicted octanol–water partition coefficient (Wildman–Crippen LogP) is 3.17. The van der Waals surface area contributed by atoms with Gasteiger partial charge < -0.3 is 14.8 Å². The van der Waals surface area contributed by atoms with Gasteiger partial charge in [-0.1, -0.05) is 12.1 Å². The summed E-state index contributed by atoms with van der Waals surface area (Å²) in [7, 11) is 0. The van der Waals surface area contributed by atoms with Gasteiger partial charge in [-0.25, -0.2) is 0 Å². The highest BCUT2D eigenvalue weighted by molar-refractivity contribution is 5.50. The first-order valence-corrected chi connectivity index (χ1v) is 7.78. The molecule has 1 aromatic rings. The smallest absolute Gasteiger partial charge is 0.165 e. The van der Waals surface area contributed by atoms with Crippen molar-refractivity contribution in [2.45, 2.75) is 45.1 Å². The van der Waals surface area contributed by atoms with Crippen LogP contribution in [0, 0.1) is 5.92 Å². The van der Waals surface area contributed by atoms with Gasteiger partial charge in [-0.3, -0.25) is 0 Å². The third-order valence-corrected chi connectivity index (χ3v) is 4.24. The van der Waals surface area contributed by atoms with Crippen molar-refractivity contribution in [2.75, 3.05) is 19.7 Å². The number of piperidine rings is 1. The molecule has 2 heterocycles. The predicted molar refractivity (Wildman–Crippen MR) is 80.6 cm³/mol. The average molecular weight is 275 g/mol. The molecule has 0 bridgehead atoms. The first-order chi connectivity index (χ1) is 9.64. The van der Waals surface area contributed by atoms with E-state index in [-0.39, 0.29) is 5.60 Å². The Morgan fingerprint density at radius 1 is 1.40 bits per heavy atom. The molecule has 3 nitrogen and oxygen atoms in total. The highest BCUT2D eigenvalue weighted by Crippen LogP contribution is 2.41. The molecule has 110 valence electrons. The summed E-state index contributed by atoms with van der Waals surface area (Å²) >= 11 is 0. The maximum atomic E-state index is 6.03. The number of hydrogen-bond donors (Lipinski definition) is 1. The lowest BCUT2D eigenvalue weighted by Gasteiger charge is -2.23. The third-order valence-electron chi connectivity index (χ3n) is 4.24.